The van der Waals surface area contributed by atoms with Crippen molar-refractivity contribution in [3.63, 3.8) is 0 Å². The van der Waals surface area contributed by atoms with Crippen LogP contribution in [0.3, 0.4) is 0 Å². The van der Waals surface area contributed by atoms with Gasteiger partial charge in [0.1, 0.15) is 0 Å². The van der Waals surface area contributed by atoms with Gasteiger partial charge in [0.25, 0.3) is 0 Å². The molecule has 0 aliphatic heterocycles. The standard InChI is InChI=1S/C12H14ClF3N2O2S/c13-7-4-5-10(8(6-7)12(14,15)16)18-21(19,20)11-3-1-2-9(11)17/h4-6,9,11,18H,1-3,17H2. The van der Waals surface area contributed by atoms with Crippen LogP contribution in [0.25, 0.3) is 0 Å². The Morgan fingerprint density at radius 2 is 1.95 bits per heavy atom. The van der Waals surface area contributed by atoms with Crippen LogP contribution in [0.15, 0.2) is 18.2 Å². The van der Waals surface area contributed by atoms with Gasteiger partial charge in [-0.25, -0.2) is 8.42 Å². The minimum Gasteiger partial charge on any atom is -0.326 e. The lowest BCUT2D eigenvalue weighted by molar-refractivity contribution is -0.136. The molecule has 0 radical (unpaired) electrons. The smallest absolute Gasteiger partial charge is 0.326 e. The zero-order valence-corrected chi connectivity index (χ0v) is 12.4. The molecule has 2 unspecified atom stereocenters. The first kappa shape index (κ1) is 16.4. The first-order valence-corrected chi connectivity index (χ1v) is 8.17. The number of nitrogens with two attached hydrogens (primary N) is 1. The molecule has 2 atom stereocenters. The van der Waals surface area contributed by atoms with Gasteiger partial charge in [-0.1, -0.05) is 18.0 Å². The molecule has 0 saturated heterocycles. The van der Waals surface area contributed by atoms with Crippen molar-refractivity contribution in [3.05, 3.63) is 28.8 Å². The van der Waals surface area contributed by atoms with Crippen LogP contribution in [-0.2, 0) is 16.2 Å². The highest BCUT2D eigenvalue weighted by Gasteiger charge is 2.38. The van der Waals surface area contributed by atoms with Crippen molar-refractivity contribution in [2.24, 2.45) is 5.73 Å². The highest BCUT2D eigenvalue weighted by molar-refractivity contribution is 7.93. The SMILES string of the molecule is NC1CCCC1S(=O)(=O)Nc1ccc(Cl)cc1C(F)(F)F. The Kier molecular flexibility index (Phi) is 4.41. The van der Waals surface area contributed by atoms with Gasteiger partial charge in [0.2, 0.25) is 10.0 Å². The lowest BCUT2D eigenvalue weighted by atomic mass is 10.2. The maximum absolute atomic E-state index is 12.9. The van der Waals surface area contributed by atoms with Gasteiger partial charge in [-0.2, -0.15) is 13.2 Å². The molecule has 1 fully saturated rings. The summed E-state index contributed by atoms with van der Waals surface area (Å²) in [5.41, 5.74) is 4.05. The Hall–Kier alpha value is -0.990. The largest absolute Gasteiger partial charge is 0.418 e. The number of anilines is 1. The van der Waals surface area contributed by atoms with Gasteiger partial charge in [0.05, 0.1) is 16.5 Å². The number of benzene rings is 1. The van der Waals surface area contributed by atoms with Crippen LogP contribution in [0.5, 0.6) is 0 Å². The summed E-state index contributed by atoms with van der Waals surface area (Å²) in [6, 6.07) is 2.32. The Morgan fingerprint density at radius 1 is 1.29 bits per heavy atom. The molecule has 0 spiro atoms. The molecule has 0 heterocycles. The monoisotopic (exact) mass is 342 g/mol. The third-order valence-electron chi connectivity index (χ3n) is 3.44. The van der Waals surface area contributed by atoms with Crippen molar-refractivity contribution in [1.29, 1.82) is 0 Å². The second-order valence-corrected chi connectivity index (χ2v) is 7.30. The number of rotatable bonds is 3. The van der Waals surface area contributed by atoms with Gasteiger partial charge in [-0.3, -0.25) is 4.72 Å². The van der Waals surface area contributed by atoms with E-state index in [9.17, 15) is 21.6 Å². The third-order valence-corrected chi connectivity index (χ3v) is 5.56. The van der Waals surface area contributed by atoms with E-state index >= 15 is 0 Å². The molecule has 1 aromatic carbocycles. The van der Waals surface area contributed by atoms with Crippen LogP contribution in [0.2, 0.25) is 5.02 Å². The summed E-state index contributed by atoms with van der Waals surface area (Å²) in [5, 5.41) is -1.00. The van der Waals surface area contributed by atoms with E-state index in [1.807, 2.05) is 4.72 Å². The minimum absolute atomic E-state index is 0.122. The molecule has 1 aliphatic carbocycles. The molecule has 1 saturated carbocycles. The van der Waals surface area contributed by atoms with Crippen molar-refractivity contribution in [1.82, 2.24) is 0 Å². The molecule has 4 nitrogen and oxygen atoms in total. The predicted octanol–water partition coefficient (Wildman–Crippen LogP) is 2.98. The fraction of sp³-hybridized carbons (Fsp3) is 0.500. The van der Waals surface area contributed by atoms with E-state index in [1.165, 1.54) is 6.07 Å². The lowest BCUT2D eigenvalue weighted by Gasteiger charge is -2.20. The number of hydrogen-bond acceptors (Lipinski definition) is 3. The van der Waals surface area contributed by atoms with Gasteiger partial charge < -0.3 is 5.73 Å². The normalized spacial score (nSPS) is 23.3. The summed E-state index contributed by atoms with van der Waals surface area (Å²) in [7, 11) is -3.98. The lowest BCUT2D eigenvalue weighted by Crippen LogP contribution is -2.39. The van der Waals surface area contributed by atoms with E-state index in [4.69, 9.17) is 17.3 Å². The summed E-state index contributed by atoms with van der Waals surface area (Å²) in [4.78, 5) is 0. The van der Waals surface area contributed by atoms with Crippen LogP contribution in [-0.4, -0.2) is 19.7 Å². The van der Waals surface area contributed by atoms with Crippen molar-refractivity contribution < 1.29 is 21.6 Å². The van der Waals surface area contributed by atoms with Crippen molar-refractivity contribution in [3.8, 4) is 0 Å². The summed E-state index contributed by atoms with van der Waals surface area (Å²) in [6.07, 6.45) is -3.19. The molecule has 0 amide bonds. The van der Waals surface area contributed by atoms with E-state index in [0.29, 0.717) is 25.3 Å². The van der Waals surface area contributed by atoms with Gasteiger partial charge in [0.15, 0.2) is 0 Å². The molecule has 3 N–H and O–H groups in total. The van der Waals surface area contributed by atoms with Gasteiger partial charge >= 0.3 is 6.18 Å². The fourth-order valence-corrected chi connectivity index (χ4v) is 4.29. The highest BCUT2D eigenvalue weighted by atomic mass is 35.5. The van der Waals surface area contributed by atoms with Crippen molar-refractivity contribution in [2.75, 3.05) is 4.72 Å². The molecule has 0 bridgehead atoms. The first-order chi connectivity index (χ1) is 9.61. The van der Waals surface area contributed by atoms with Gasteiger partial charge in [-0.15, -0.1) is 0 Å². The molecule has 118 valence electrons. The fourth-order valence-electron chi connectivity index (χ4n) is 2.41. The number of nitrogens with one attached hydrogen (secondary N) is 1. The second kappa shape index (κ2) is 5.66. The Balaban J connectivity index is 2.35. The molecule has 0 aromatic heterocycles. The molecule has 9 heteroatoms. The number of hydrogen-bond donors (Lipinski definition) is 2. The van der Waals surface area contributed by atoms with Crippen LogP contribution < -0.4 is 10.5 Å². The quantitative estimate of drug-likeness (QED) is 0.887. The van der Waals surface area contributed by atoms with Crippen LogP contribution in [0.4, 0.5) is 18.9 Å². The highest BCUT2D eigenvalue weighted by Crippen LogP contribution is 2.37. The topological polar surface area (TPSA) is 72.2 Å². The Bertz CT molecular complexity index is 634. The number of alkyl halides is 3. The van der Waals surface area contributed by atoms with Crippen LogP contribution in [0, 0.1) is 0 Å². The summed E-state index contributed by atoms with van der Waals surface area (Å²) < 4.78 is 65.2. The number of sulfonamides is 1. The first-order valence-electron chi connectivity index (χ1n) is 6.25. The van der Waals surface area contributed by atoms with E-state index in [-0.39, 0.29) is 5.02 Å². The number of halogens is 4. The predicted molar refractivity (Wildman–Crippen MR) is 74.6 cm³/mol. The minimum atomic E-state index is -4.71. The van der Waals surface area contributed by atoms with E-state index in [1.54, 1.807) is 0 Å². The Labute approximate surface area is 125 Å². The second-order valence-electron chi connectivity index (χ2n) is 4.97. The molecule has 2 rings (SSSR count). The van der Waals surface area contributed by atoms with Gasteiger partial charge in [-0.05, 0) is 31.0 Å². The van der Waals surface area contributed by atoms with Crippen molar-refractivity contribution >= 4 is 27.3 Å². The van der Waals surface area contributed by atoms with Crippen molar-refractivity contribution in [2.45, 2.75) is 36.7 Å². The molecule has 1 aromatic rings. The average Bonchev–Trinajstić information content (AvgIpc) is 2.77. The maximum Gasteiger partial charge on any atom is 0.418 e. The molecular formula is C12H14ClF3N2O2S. The van der Waals surface area contributed by atoms with Gasteiger partial charge in [0, 0.05) is 11.1 Å². The zero-order valence-electron chi connectivity index (χ0n) is 10.8. The van der Waals surface area contributed by atoms with Crippen LogP contribution >= 0.6 is 11.6 Å². The summed E-state index contributed by atoms with van der Waals surface area (Å²) in [6.45, 7) is 0. The zero-order chi connectivity index (χ0) is 15.8. The van der Waals surface area contributed by atoms with E-state index < -0.39 is 38.7 Å². The average molecular weight is 343 g/mol. The molecule has 21 heavy (non-hydrogen) atoms. The summed E-state index contributed by atoms with van der Waals surface area (Å²) >= 11 is 5.55. The maximum atomic E-state index is 12.9. The summed E-state index contributed by atoms with van der Waals surface area (Å²) in [5.74, 6) is 0. The molecule has 1 aliphatic rings. The van der Waals surface area contributed by atoms with Crippen LogP contribution in [0.1, 0.15) is 24.8 Å². The third kappa shape index (κ3) is 3.61. The van der Waals surface area contributed by atoms with E-state index in [0.717, 1.165) is 6.07 Å². The molecular weight excluding hydrogens is 329 g/mol. The Morgan fingerprint density at radius 3 is 2.48 bits per heavy atom. The van der Waals surface area contributed by atoms with E-state index in [2.05, 4.69) is 0 Å².